The first kappa shape index (κ1) is 13.0. The van der Waals surface area contributed by atoms with Crippen LogP contribution >= 0.6 is 0 Å². The van der Waals surface area contributed by atoms with Crippen molar-refractivity contribution in [1.29, 1.82) is 0 Å². The van der Waals surface area contributed by atoms with Crippen LogP contribution in [0, 0.1) is 11.6 Å². The van der Waals surface area contributed by atoms with Crippen LogP contribution in [0.25, 0.3) is 0 Å². The largest absolute Gasteiger partial charge is 0.355 e. The van der Waals surface area contributed by atoms with Crippen molar-refractivity contribution in [2.75, 3.05) is 6.54 Å². The maximum absolute atomic E-state index is 13.4. The van der Waals surface area contributed by atoms with Gasteiger partial charge in [0.15, 0.2) is 0 Å². The van der Waals surface area contributed by atoms with Gasteiger partial charge in [0.2, 0.25) is 5.91 Å². The fourth-order valence-corrected chi connectivity index (χ4v) is 2.03. The van der Waals surface area contributed by atoms with Crippen molar-refractivity contribution in [3.8, 4) is 0 Å². The molecule has 1 atom stereocenters. The molecule has 2 N–H and O–H groups in total. The zero-order valence-corrected chi connectivity index (χ0v) is 10.0. The molecule has 1 aliphatic heterocycles. The Labute approximate surface area is 105 Å². The van der Waals surface area contributed by atoms with Crippen LogP contribution < -0.4 is 10.6 Å². The number of nitrogens with one attached hydrogen (secondary N) is 2. The summed E-state index contributed by atoms with van der Waals surface area (Å²) in [5.74, 6) is -1.23. The first-order valence-electron chi connectivity index (χ1n) is 6.12. The van der Waals surface area contributed by atoms with E-state index in [2.05, 4.69) is 10.6 Å². The van der Waals surface area contributed by atoms with Crippen molar-refractivity contribution in [1.82, 2.24) is 10.6 Å². The summed E-state index contributed by atoms with van der Waals surface area (Å²) in [6.45, 7) is 0.923. The molecule has 1 heterocycles. The highest BCUT2D eigenvalue weighted by atomic mass is 19.1. The lowest BCUT2D eigenvalue weighted by atomic mass is 10.1. The highest BCUT2D eigenvalue weighted by molar-refractivity contribution is 5.81. The normalized spacial score (nSPS) is 20.3. The van der Waals surface area contributed by atoms with Crippen LogP contribution in [0.2, 0.25) is 0 Å². The second kappa shape index (κ2) is 5.91. The molecular formula is C13H16F2N2O. The van der Waals surface area contributed by atoms with Crippen LogP contribution in [-0.2, 0) is 11.3 Å². The Balaban J connectivity index is 1.95. The van der Waals surface area contributed by atoms with Gasteiger partial charge in [-0.25, -0.2) is 8.78 Å². The number of carbonyl (C=O) groups excluding carboxylic acids is 1. The maximum Gasteiger partial charge on any atom is 0.237 e. The Hall–Kier alpha value is -1.49. The summed E-state index contributed by atoms with van der Waals surface area (Å²) in [6, 6.07) is 3.17. The van der Waals surface area contributed by atoms with Crippen LogP contribution in [0.1, 0.15) is 24.8 Å². The molecule has 1 aromatic rings. The van der Waals surface area contributed by atoms with Gasteiger partial charge in [-0.2, -0.15) is 0 Å². The summed E-state index contributed by atoms with van der Waals surface area (Å²) in [5, 5.41) is 5.81. The molecule has 18 heavy (non-hydrogen) atoms. The third kappa shape index (κ3) is 3.26. The summed E-state index contributed by atoms with van der Waals surface area (Å²) in [7, 11) is 0. The lowest BCUT2D eigenvalue weighted by Gasteiger charge is -2.15. The number of rotatable bonds is 3. The molecule has 98 valence electrons. The van der Waals surface area contributed by atoms with E-state index < -0.39 is 11.6 Å². The first-order valence-corrected chi connectivity index (χ1v) is 6.12. The van der Waals surface area contributed by atoms with Gasteiger partial charge in [0.25, 0.3) is 0 Å². The summed E-state index contributed by atoms with van der Waals surface area (Å²) in [6.07, 6.45) is 2.67. The summed E-state index contributed by atoms with van der Waals surface area (Å²) < 4.78 is 26.1. The molecule has 3 nitrogen and oxygen atoms in total. The summed E-state index contributed by atoms with van der Waals surface area (Å²) >= 11 is 0. The van der Waals surface area contributed by atoms with E-state index in [-0.39, 0.29) is 18.5 Å². The number of carbonyl (C=O) groups is 1. The van der Waals surface area contributed by atoms with E-state index in [9.17, 15) is 13.6 Å². The van der Waals surface area contributed by atoms with Gasteiger partial charge in [-0.1, -0.05) is 6.07 Å². The smallest absolute Gasteiger partial charge is 0.237 e. The number of halogens is 2. The van der Waals surface area contributed by atoms with E-state index in [1.807, 2.05) is 0 Å². The lowest BCUT2D eigenvalue weighted by molar-refractivity contribution is -0.122. The average Bonchev–Trinajstić information content (AvgIpc) is 2.53. The van der Waals surface area contributed by atoms with Crippen LogP contribution in [0.3, 0.4) is 0 Å². The predicted molar refractivity (Wildman–Crippen MR) is 63.8 cm³/mol. The van der Waals surface area contributed by atoms with E-state index in [1.165, 1.54) is 12.1 Å². The monoisotopic (exact) mass is 254 g/mol. The average molecular weight is 254 g/mol. The second-order valence-corrected chi connectivity index (χ2v) is 4.46. The SMILES string of the molecule is O=C1NCCCCC1NCc1ccc(F)cc1F. The molecule has 1 aliphatic rings. The van der Waals surface area contributed by atoms with Crippen molar-refractivity contribution in [3.63, 3.8) is 0 Å². The van der Waals surface area contributed by atoms with Crippen LogP contribution in [0.5, 0.6) is 0 Å². The van der Waals surface area contributed by atoms with Crippen molar-refractivity contribution in [3.05, 3.63) is 35.4 Å². The molecule has 0 aliphatic carbocycles. The van der Waals surface area contributed by atoms with E-state index in [4.69, 9.17) is 0 Å². The van der Waals surface area contributed by atoms with E-state index in [1.54, 1.807) is 0 Å². The lowest BCUT2D eigenvalue weighted by Crippen LogP contribution is -2.42. The van der Waals surface area contributed by atoms with Crippen molar-refractivity contribution < 1.29 is 13.6 Å². The van der Waals surface area contributed by atoms with Gasteiger partial charge in [-0.15, -0.1) is 0 Å². The molecule has 1 saturated heterocycles. The second-order valence-electron chi connectivity index (χ2n) is 4.46. The van der Waals surface area contributed by atoms with Crippen LogP contribution in [0.15, 0.2) is 18.2 Å². The quantitative estimate of drug-likeness (QED) is 0.862. The summed E-state index contributed by atoms with van der Waals surface area (Å²) in [4.78, 5) is 11.6. The molecule has 5 heteroatoms. The Morgan fingerprint density at radius 3 is 2.94 bits per heavy atom. The molecular weight excluding hydrogens is 238 g/mol. The fourth-order valence-electron chi connectivity index (χ4n) is 2.03. The van der Waals surface area contributed by atoms with E-state index >= 15 is 0 Å². The number of amides is 1. The van der Waals surface area contributed by atoms with Gasteiger partial charge in [0.1, 0.15) is 11.6 Å². The molecule has 1 aromatic carbocycles. The molecule has 0 aromatic heterocycles. The van der Waals surface area contributed by atoms with Crippen molar-refractivity contribution >= 4 is 5.91 Å². The minimum Gasteiger partial charge on any atom is -0.355 e. The third-order valence-corrected chi connectivity index (χ3v) is 3.09. The maximum atomic E-state index is 13.4. The molecule has 0 bridgehead atoms. The number of hydrogen-bond donors (Lipinski definition) is 2. The standard InChI is InChI=1S/C13H16F2N2O/c14-10-5-4-9(11(15)7-10)8-17-12-3-1-2-6-16-13(12)18/h4-5,7,12,17H,1-3,6,8H2,(H,16,18). The van der Waals surface area contributed by atoms with E-state index in [0.717, 1.165) is 25.3 Å². The Morgan fingerprint density at radius 1 is 1.33 bits per heavy atom. The summed E-state index contributed by atoms with van der Waals surface area (Å²) in [5.41, 5.74) is 0.369. The Morgan fingerprint density at radius 2 is 2.17 bits per heavy atom. The molecule has 1 fully saturated rings. The molecule has 2 rings (SSSR count). The Kier molecular flexibility index (Phi) is 4.25. The van der Waals surface area contributed by atoms with Crippen molar-refractivity contribution in [2.24, 2.45) is 0 Å². The van der Waals surface area contributed by atoms with Crippen LogP contribution in [0.4, 0.5) is 8.78 Å². The van der Waals surface area contributed by atoms with Crippen molar-refractivity contribution in [2.45, 2.75) is 31.8 Å². The number of benzene rings is 1. The highest BCUT2D eigenvalue weighted by Gasteiger charge is 2.20. The fraction of sp³-hybridized carbons (Fsp3) is 0.462. The first-order chi connectivity index (χ1) is 8.66. The van der Waals surface area contributed by atoms with E-state index in [0.29, 0.717) is 12.1 Å². The predicted octanol–water partition coefficient (Wildman–Crippen LogP) is 1.72. The van der Waals surface area contributed by atoms with Gasteiger partial charge in [0, 0.05) is 24.7 Å². The highest BCUT2D eigenvalue weighted by Crippen LogP contribution is 2.11. The van der Waals surface area contributed by atoms with Gasteiger partial charge in [-0.05, 0) is 25.3 Å². The minimum atomic E-state index is -0.594. The van der Waals surface area contributed by atoms with Gasteiger partial charge >= 0.3 is 0 Å². The Bertz CT molecular complexity index is 437. The molecule has 0 saturated carbocycles. The minimum absolute atomic E-state index is 0.0463. The van der Waals surface area contributed by atoms with Crippen LogP contribution in [-0.4, -0.2) is 18.5 Å². The molecule has 0 radical (unpaired) electrons. The topological polar surface area (TPSA) is 41.1 Å². The van der Waals surface area contributed by atoms with Gasteiger partial charge in [-0.3, -0.25) is 4.79 Å². The number of hydrogen-bond acceptors (Lipinski definition) is 2. The third-order valence-electron chi connectivity index (χ3n) is 3.09. The molecule has 1 amide bonds. The molecule has 1 unspecified atom stereocenters. The zero-order chi connectivity index (χ0) is 13.0. The zero-order valence-electron chi connectivity index (χ0n) is 10.0. The van der Waals surface area contributed by atoms with Gasteiger partial charge in [0.05, 0.1) is 6.04 Å². The molecule has 0 spiro atoms. The van der Waals surface area contributed by atoms with Gasteiger partial charge < -0.3 is 10.6 Å².